The number of hydrogen-bond donors (Lipinski definition) is 2. The summed E-state index contributed by atoms with van der Waals surface area (Å²) < 4.78 is 38.5. The van der Waals surface area contributed by atoms with Gasteiger partial charge in [0.05, 0.1) is 11.5 Å². The first-order valence-electron chi connectivity index (χ1n) is 8.87. The molecule has 2 aromatic rings. The summed E-state index contributed by atoms with van der Waals surface area (Å²) in [6.07, 6.45) is 0. The van der Waals surface area contributed by atoms with E-state index < -0.39 is 10.0 Å². The fourth-order valence-electron chi connectivity index (χ4n) is 2.74. The van der Waals surface area contributed by atoms with Crippen molar-refractivity contribution in [3.8, 4) is 5.75 Å². The molecule has 0 spiro atoms. The van der Waals surface area contributed by atoms with Crippen LogP contribution in [-0.2, 0) is 21.3 Å². The van der Waals surface area contributed by atoms with Gasteiger partial charge in [0.1, 0.15) is 12.4 Å². The van der Waals surface area contributed by atoms with Gasteiger partial charge in [0.15, 0.2) is 0 Å². The van der Waals surface area contributed by atoms with Crippen LogP contribution in [0.25, 0.3) is 0 Å². The average Bonchev–Trinajstić information content (AvgIpc) is 2.66. The SMILES string of the molecule is CCOCCOc1ccc(S(=O)(=O)Nc2ccc3c(c2)CN(C)C(=O)N3)cc1. The fraction of sp³-hybridized carbons (Fsp3) is 0.316. The molecule has 2 amide bonds. The minimum atomic E-state index is -3.74. The van der Waals surface area contributed by atoms with E-state index in [4.69, 9.17) is 9.47 Å². The molecule has 0 aliphatic carbocycles. The fourth-order valence-corrected chi connectivity index (χ4v) is 3.79. The summed E-state index contributed by atoms with van der Waals surface area (Å²) in [4.78, 5) is 13.3. The van der Waals surface area contributed by atoms with Crippen LogP contribution in [0.2, 0.25) is 0 Å². The maximum Gasteiger partial charge on any atom is 0.321 e. The van der Waals surface area contributed by atoms with Gasteiger partial charge < -0.3 is 19.7 Å². The Morgan fingerprint density at radius 1 is 1.14 bits per heavy atom. The molecular formula is C19H23N3O5S. The molecule has 0 bridgehead atoms. The topological polar surface area (TPSA) is 97.0 Å². The van der Waals surface area contributed by atoms with Gasteiger partial charge in [-0.2, -0.15) is 0 Å². The zero-order valence-electron chi connectivity index (χ0n) is 15.8. The summed E-state index contributed by atoms with van der Waals surface area (Å²) in [5, 5.41) is 2.75. The highest BCUT2D eigenvalue weighted by Gasteiger charge is 2.21. The van der Waals surface area contributed by atoms with Crippen molar-refractivity contribution < 1.29 is 22.7 Å². The number of anilines is 2. The smallest absolute Gasteiger partial charge is 0.321 e. The van der Waals surface area contributed by atoms with Crippen molar-refractivity contribution in [3.05, 3.63) is 48.0 Å². The molecular weight excluding hydrogens is 382 g/mol. The third kappa shape index (κ3) is 4.73. The summed E-state index contributed by atoms with van der Waals surface area (Å²) in [6.45, 7) is 3.82. The lowest BCUT2D eigenvalue weighted by molar-refractivity contribution is 0.110. The van der Waals surface area contributed by atoms with Crippen molar-refractivity contribution in [1.82, 2.24) is 4.90 Å². The van der Waals surface area contributed by atoms with E-state index in [1.54, 1.807) is 37.4 Å². The first-order chi connectivity index (χ1) is 13.4. The molecule has 2 aromatic carbocycles. The number of urea groups is 1. The van der Waals surface area contributed by atoms with Gasteiger partial charge in [-0.1, -0.05) is 0 Å². The van der Waals surface area contributed by atoms with Crippen LogP contribution < -0.4 is 14.8 Å². The second-order valence-electron chi connectivity index (χ2n) is 6.28. The van der Waals surface area contributed by atoms with Crippen LogP contribution in [0, 0.1) is 0 Å². The van der Waals surface area contributed by atoms with Gasteiger partial charge >= 0.3 is 6.03 Å². The molecule has 3 rings (SSSR count). The predicted molar refractivity (Wildman–Crippen MR) is 106 cm³/mol. The van der Waals surface area contributed by atoms with E-state index in [0.29, 0.717) is 43.5 Å². The van der Waals surface area contributed by atoms with Crippen molar-refractivity contribution in [1.29, 1.82) is 0 Å². The number of fused-ring (bicyclic) bond motifs is 1. The lowest BCUT2D eigenvalue weighted by atomic mass is 10.1. The van der Waals surface area contributed by atoms with Crippen molar-refractivity contribution in [3.63, 3.8) is 0 Å². The molecule has 9 heteroatoms. The van der Waals surface area contributed by atoms with Crippen LogP contribution in [0.15, 0.2) is 47.4 Å². The number of carbonyl (C=O) groups is 1. The molecule has 0 radical (unpaired) electrons. The molecule has 0 saturated heterocycles. The van der Waals surface area contributed by atoms with Gasteiger partial charge in [-0.05, 0) is 55.0 Å². The third-order valence-corrected chi connectivity index (χ3v) is 5.59. The van der Waals surface area contributed by atoms with E-state index in [1.807, 2.05) is 6.92 Å². The van der Waals surface area contributed by atoms with Crippen LogP contribution in [0.4, 0.5) is 16.2 Å². The number of sulfonamides is 1. The Morgan fingerprint density at radius 2 is 1.89 bits per heavy atom. The molecule has 8 nitrogen and oxygen atoms in total. The Morgan fingerprint density at radius 3 is 2.61 bits per heavy atom. The highest BCUT2D eigenvalue weighted by atomic mass is 32.2. The Labute approximate surface area is 164 Å². The minimum Gasteiger partial charge on any atom is -0.491 e. The molecule has 1 aliphatic rings. The predicted octanol–water partition coefficient (Wildman–Crippen LogP) is 2.88. The molecule has 1 heterocycles. The Balaban J connectivity index is 1.68. The van der Waals surface area contributed by atoms with Gasteiger partial charge in [0.2, 0.25) is 0 Å². The van der Waals surface area contributed by atoms with Crippen LogP contribution in [0.1, 0.15) is 12.5 Å². The van der Waals surface area contributed by atoms with Gasteiger partial charge in [-0.25, -0.2) is 13.2 Å². The molecule has 28 heavy (non-hydrogen) atoms. The van der Waals surface area contributed by atoms with E-state index in [0.717, 1.165) is 5.56 Å². The first-order valence-corrected chi connectivity index (χ1v) is 10.4. The molecule has 0 aromatic heterocycles. The number of nitrogens with one attached hydrogen (secondary N) is 2. The van der Waals surface area contributed by atoms with Crippen LogP contribution in [-0.4, -0.2) is 46.2 Å². The Kier molecular flexibility index (Phi) is 6.05. The van der Waals surface area contributed by atoms with E-state index in [-0.39, 0.29) is 10.9 Å². The van der Waals surface area contributed by atoms with Crippen LogP contribution in [0.5, 0.6) is 5.75 Å². The number of amides is 2. The minimum absolute atomic E-state index is 0.132. The van der Waals surface area contributed by atoms with E-state index in [2.05, 4.69) is 10.0 Å². The lowest BCUT2D eigenvalue weighted by Crippen LogP contribution is -2.35. The summed E-state index contributed by atoms with van der Waals surface area (Å²) in [5.74, 6) is 0.575. The zero-order valence-corrected chi connectivity index (χ0v) is 16.6. The van der Waals surface area contributed by atoms with Crippen molar-refractivity contribution in [2.24, 2.45) is 0 Å². The summed E-state index contributed by atoms with van der Waals surface area (Å²) in [6, 6.07) is 11.0. The van der Waals surface area contributed by atoms with E-state index in [1.165, 1.54) is 17.0 Å². The number of benzene rings is 2. The van der Waals surface area contributed by atoms with Crippen molar-refractivity contribution in [2.45, 2.75) is 18.4 Å². The molecule has 0 saturated carbocycles. The normalized spacial score (nSPS) is 13.6. The summed E-state index contributed by atoms with van der Waals surface area (Å²) in [7, 11) is -2.07. The monoisotopic (exact) mass is 405 g/mol. The average molecular weight is 405 g/mol. The maximum absolute atomic E-state index is 12.6. The second kappa shape index (κ2) is 8.49. The first kappa shape index (κ1) is 20.0. The zero-order chi connectivity index (χ0) is 20.1. The van der Waals surface area contributed by atoms with Crippen molar-refractivity contribution >= 4 is 27.4 Å². The van der Waals surface area contributed by atoms with Crippen LogP contribution >= 0.6 is 0 Å². The highest BCUT2D eigenvalue weighted by Crippen LogP contribution is 2.27. The highest BCUT2D eigenvalue weighted by molar-refractivity contribution is 7.92. The molecule has 0 atom stereocenters. The quantitative estimate of drug-likeness (QED) is 0.658. The molecule has 1 aliphatic heterocycles. The number of rotatable bonds is 8. The number of nitrogens with zero attached hydrogens (tertiary/aromatic N) is 1. The van der Waals surface area contributed by atoms with Gasteiger partial charge in [0.25, 0.3) is 10.0 Å². The molecule has 0 unspecified atom stereocenters. The molecule has 150 valence electrons. The second-order valence-corrected chi connectivity index (χ2v) is 7.96. The number of ether oxygens (including phenoxy) is 2. The number of carbonyl (C=O) groups excluding carboxylic acids is 1. The van der Waals surface area contributed by atoms with Crippen LogP contribution in [0.3, 0.4) is 0 Å². The van der Waals surface area contributed by atoms with E-state index >= 15 is 0 Å². The lowest BCUT2D eigenvalue weighted by Gasteiger charge is -2.26. The summed E-state index contributed by atoms with van der Waals surface area (Å²) >= 11 is 0. The van der Waals surface area contributed by atoms with Crippen molar-refractivity contribution in [2.75, 3.05) is 36.9 Å². The number of hydrogen-bond acceptors (Lipinski definition) is 5. The Hall–Kier alpha value is -2.78. The van der Waals surface area contributed by atoms with Gasteiger partial charge in [-0.3, -0.25) is 4.72 Å². The largest absolute Gasteiger partial charge is 0.491 e. The summed E-state index contributed by atoms with van der Waals surface area (Å²) in [5.41, 5.74) is 1.94. The molecule has 2 N–H and O–H groups in total. The van der Waals surface area contributed by atoms with Gasteiger partial charge in [-0.15, -0.1) is 0 Å². The third-order valence-electron chi connectivity index (χ3n) is 4.19. The Bertz CT molecular complexity index is 945. The maximum atomic E-state index is 12.6. The van der Waals surface area contributed by atoms with Gasteiger partial charge in [0, 0.05) is 31.6 Å². The van der Waals surface area contributed by atoms with E-state index in [9.17, 15) is 13.2 Å². The standard InChI is InChI=1S/C19H23N3O5S/c1-3-26-10-11-27-16-5-7-17(8-6-16)28(24,25)21-15-4-9-18-14(12-15)13-22(2)19(23)20-18/h4-9,12,21H,3,10-11,13H2,1-2H3,(H,20,23). The molecule has 0 fully saturated rings.